The van der Waals surface area contributed by atoms with Crippen LogP contribution in [0.15, 0.2) is 57.2 Å². The Morgan fingerprint density at radius 2 is 1.78 bits per heavy atom. The molecule has 0 saturated carbocycles. The number of ether oxygens (including phenoxy) is 1. The molecule has 0 atom stereocenters. The zero-order chi connectivity index (χ0) is 23.3. The fraction of sp³-hybridized carbons (Fsp3) is 0.208. The van der Waals surface area contributed by atoms with Crippen LogP contribution in [0.2, 0.25) is 0 Å². The SMILES string of the molecule is CC1(C)OC(=C(C#N)C#N)C(C#N)=C1/C=C/c1ccc(/C(C#N)=C/C2=C(C#N)CCS2)s1. The molecule has 0 aliphatic carbocycles. The van der Waals surface area contributed by atoms with Crippen molar-refractivity contribution < 1.29 is 4.74 Å². The molecule has 32 heavy (non-hydrogen) atoms. The van der Waals surface area contributed by atoms with Crippen LogP contribution in [0.1, 0.15) is 30.0 Å². The summed E-state index contributed by atoms with van der Waals surface area (Å²) in [5.41, 5.74) is 0.801. The third-order valence-corrected chi connectivity index (χ3v) is 6.98. The predicted octanol–water partition coefficient (Wildman–Crippen LogP) is 5.51. The molecule has 0 amide bonds. The third-order valence-electron chi connectivity index (χ3n) is 4.81. The first-order valence-electron chi connectivity index (χ1n) is 9.43. The van der Waals surface area contributed by atoms with Gasteiger partial charge in [0.1, 0.15) is 35.5 Å². The van der Waals surface area contributed by atoms with Crippen molar-refractivity contribution in [2.75, 3.05) is 5.75 Å². The zero-order valence-corrected chi connectivity index (χ0v) is 18.9. The standard InChI is InChI=1S/C24H15N5OS2/c1-24(2)20(19(14-29)23(30-24)17(12-27)13-28)5-3-18-4-6-21(32-18)16(11-26)9-22-15(10-25)7-8-31-22/h3-6,9H,7-8H2,1-2H3/b5-3+,16-9+. The Morgan fingerprint density at radius 1 is 1.03 bits per heavy atom. The molecule has 1 aromatic rings. The van der Waals surface area contributed by atoms with E-state index >= 15 is 0 Å². The van der Waals surface area contributed by atoms with Crippen molar-refractivity contribution in [3.63, 3.8) is 0 Å². The maximum Gasteiger partial charge on any atom is 0.172 e. The first kappa shape index (κ1) is 22.7. The molecule has 3 heterocycles. The summed E-state index contributed by atoms with van der Waals surface area (Å²) >= 11 is 2.99. The number of allylic oxidation sites excluding steroid dienone is 5. The van der Waals surface area contributed by atoms with Crippen LogP contribution in [-0.4, -0.2) is 11.4 Å². The maximum absolute atomic E-state index is 9.62. The second-order valence-corrected chi connectivity index (χ2v) is 9.45. The van der Waals surface area contributed by atoms with Gasteiger partial charge in [0.05, 0.1) is 11.6 Å². The monoisotopic (exact) mass is 453 g/mol. The van der Waals surface area contributed by atoms with Gasteiger partial charge in [-0.3, -0.25) is 0 Å². The molecule has 2 aliphatic heterocycles. The van der Waals surface area contributed by atoms with Gasteiger partial charge in [-0.2, -0.15) is 26.3 Å². The van der Waals surface area contributed by atoms with Crippen molar-refractivity contribution >= 4 is 34.7 Å². The second-order valence-electron chi connectivity index (χ2n) is 7.20. The van der Waals surface area contributed by atoms with Gasteiger partial charge in [-0.25, -0.2) is 0 Å². The van der Waals surface area contributed by atoms with E-state index in [9.17, 15) is 15.8 Å². The van der Waals surface area contributed by atoms with E-state index in [4.69, 9.17) is 15.3 Å². The predicted molar refractivity (Wildman–Crippen MR) is 123 cm³/mol. The van der Waals surface area contributed by atoms with Crippen molar-refractivity contribution in [2.24, 2.45) is 0 Å². The lowest BCUT2D eigenvalue weighted by Crippen LogP contribution is -2.20. The lowest BCUT2D eigenvalue weighted by molar-refractivity contribution is 0.0954. The second kappa shape index (κ2) is 9.43. The van der Waals surface area contributed by atoms with Gasteiger partial charge in [-0.1, -0.05) is 6.08 Å². The van der Waals surface area contributed by atoms with Gasteiger partial charge >= 0.3 is 0 Å². The van der Waals surface area contributed by atoms with Crippen LogP contribution in [0.4, 0.5) is 0 Å². The summed E-state index contributed by atoms with van der Waals surface area (Å²) in [5, 5.41) is 46.8. The van der Waals surface area contributed by atoms with Crippen molar-refractivity contribution in [3.8, 4) is 30.3 Å². The van der Waals surface area contributed by atoms with E-state index in [1.165, 1.54) is 11.3 Å². The zero-order valence-electron chi connectivity index (χ0n) is 17.3. The molecule has 0 spiro atoms. The average molecular weight is 454 g/mol. The Kier molecular flexibility index (Phi) is 6.68. The lowest BCUT2D eigenvalue weighted by Gasteiger charge is -2.20. The molecule has 6 nitrogen and oxygen atoms in total. The normalized spacial score (nSPS) is 17.4. The number of nitriles is 5. The van der Waals surface area contributed by atoms with Crippen LogP contribution >= 0.6 is 23.1 Å². The Hall–Kier alpha value is -4.00. The molecule has 0 aromatic carbocycles. The van der Waals surface area contributed by atoms with Gasteiger partial charge in [0.25, 0.3) is 0 Å². The fourth-order valence-corrected chi connectivity index (χ4v) is 5.16. The van der Waals surface area contributed by atoms with Gasteiger partial charge in [0.2, 0.25) is 0 Å². The van der Waals surface area contributed by atoms with Crippen LogP contribution < -0.4 is 0 Å². The number of thioether (sulfide) groups is 1. The molecule has 8 heteroatoms. The summed E-state index contributed by atoms with van der Waals surface area (Å²) in [7, 11) is 0. The highest BCUT2D eigenvalue weighted by Crippen LogP contribution is 2.41. The van der Waals surface area contributed by atoms with E-state index in [-0.39, 0.29) is 16.9 Å². The summed E-state index contributed by atoms with van der Waals surface area (Å²) in [6.07, 6.45) is 6.04. The Balaban J connectivity index is 1.96. The van der Waals surface area contributed by atoms with Crippen molar-refractivity contribution in [1.82, 2.24) is 0 Å². The molecule has 2 aliphatic rings. The summed E-state index contributed by atoms with van der Waals surface area (Å²) in [5.74, 6) is 0.842. The van der Waals surface area contributed by atoms with E-state index in [2.05, 4.69) is 12.1 Å². The van der Waals surface area contributed by atoms with E-state index < -0.39 is 5.60 Å². The van der Waals surface area contributed by atoms with Crippen LogP contribution in [0, 0.1) is 56.7 Å². The first-order valence-corrected chi connectivity index (χ1v) is 11.2. The van der Waals surface area contributed by atoms with Crippen LogP contribution in [0.25, 0.3) is 11.6 Å². The molecule has 0 bridgehead atoms. The number of hydrogen-bond donors (Lipinski definition) is 0. The van der Waals surface area contributed by atoms with Crippen LogP contribution in [-0.2, 0) is 4.74 Å². The quantitative estimate of drug-likeness (QED) is 0.549. The summed E-state index contributed by atoms with van der Waals surface area (Å²) in [6, 6.07) is 13.7. The highest BCUT2D eigenvalue weighted by Gasteiger charge is 2.38. The summed E-state index contributed by atoms with van der Waals surface area (Å²) in [6.45, 7) is 3.53. The molecular weight excluding hydrogens is 438 g/mol. The minimum absolute atomic E-state index is 0.000598. The van der Waals surface area contributed by atoms with E-state index in [1.54, 1.807) is 49.9 Å². The molecule has 0 radical (unpaired) electrons. The van der Waals surface area contributed by atoms with E-state index in [0.717, 1.165) is 20.4 Å². The third kappa shape index (κ3) is 4.37. The lowest BCUT2D eigenvalue weighted by atomic mass is 9.94. The molecule has 3 rings (SSSR count). The fourth-order valence-electron chi connectivity index (χ4n) is 3.24. The molecular formula is C24H15N5OS2. The molecule has 0 unspecified atom stereocenters. The van der Waals surface area contributed by atoms with Crippen LogP contribution in [0.3, 0.4) is 0 Å². The molecule has 1 aromatic heterocycles. The minimum Gasteiger partial charge on any atom is -0.480 e. The summed E-state index contributed by atoms with van der Waals surface area (Å²) < 4.78 is 5.76. The Morgan fingerprint density at radius 3 is 2.41 bits per heavy atom. The largest absolute Gasteiger partial charge is 0.480 e. The molecule has 154 valence electrons. The Bertz CT molecular complexity index is 1330. The first-order chi connectivity index (χ1) is 15.4. The summed E-state index contributed by atoms with van der Waals surface area (Å²) in [4.78, 5) is 2.47. The molecule has 0 fully saturated rings. The Labute approximate surface area is 194 Å². The van der Waals surface area contributed by atoms with Gasteiger partial charge < -0.3 is 4.74 Å². The van der Waals surface area contributed by atoms with E-state index in [1.807, 2.05) is 24.3 Å². The highest BCUT2D eigenvalue weighted by molar-refractivity contribution is 8.03. The van der Waals surface area contributed by atoms with Crippen LogP contribution in [0.5, 0.6) is 0 Å². The number of nitrogens with zero attached hydrogens (tertiary/aromatic N) is 5. The number of thiophene rings is 1. The highest BCUT2D eigenvalue weighted by atomic mass is 32.2. The van der Waals surface area contributed by atoms with E-state index in [0.29, 0.717) is 23.1 Å². The minimum atomic E-state index is -0.881. The molecule has 0 N–H and O–H groups in total. The van der Waals surface area contributed by atoms with Gasteiger partial charge in [-0.15, -0.1) is 23.1 Å². The van der Waals surface area contributed by atoms with Crippen molar-refractivity contribution in [2.45, 2.75) is 25.9 Å². The maximum atomic E-state index is 9.62. The number of rotatable bonds is 4. The topological polar surface area (TPSA) is 128 Å². The van der Waals surface area contributed by atoms with Gasteiger partial charge in [0.15, 0.2) is 11.3 Å². The van der Waals surface area contributed by atoms with Crippen molar-refractivity contribution in [3.05, 3.63) is 67.0 Å². The smallest absolute Gasteiger partial charge is 0.172 e. The van der Waals surface area contributed by atoms with Gasteiger partial charge in [-0.05, 0) is 44.6 Å². The van der Waals surface area contributed by atoms with Gasteiger partial charge in [0, 0.05) is 31.6 Å². The number of hydrogen-bond acceptors (Lipinski definition) is 8. The average Bonchev–Trinajstić information content (AvgIpc) is 3.48. The molecule has 0 saturated heterocycles. The van der Waals surface area contributed by atoms with Crippen molar-refractivity contribution in [1.29, 1.82) is 26.3 Å².